The van der Waals surface area contributed by atoms with Gasteiger partial charge in [0.1, 0.15) is 0 Å². The van der Waals surface area contributed by atoms with E-state index in [-0.39, 0.29) is 5.91 Å². The summed E-state index contributed by atoms with van der Waals surface area (Å²) in [6, 6.07) is 4.83. The minimum atomic E-state index is -0.180. The Bertz CT molecular complexity index is 445. The van der Waals surface area contributed by atoms with E-state index in [9.17, 15) is 4.79 Å². The lowest BCUT2D eigenvalue weighted by molar-refractivity contribution is -0.115. The highest BCUT2D eigenvalue weighted by molar-refractivity contribution is 7.09. The fraction of sp³-hybridized carbons (Fsp3) is 0.562. The highest BCUT2D eigenvalue weighted by Crippen LogP contribution is 2.15. The Kier molecular flexibility index (Phi) is 8.01. The number of thiophene rings is 1. The Morgan fingerprint density at radius 2 is 2.35 bits per heavy atom. The highest BCUT2D eigenvalue weighted by Gasteiger charge is 2.12. The molecule has 0 aliphatic carbocycles. The van der Waals surface area contributed by atoms with Crippen molar-refractivity contribution in [3.63, 3.8) is 0 Å². The molecule has 1 heterocycles. The minimum Gasteiger partial charge on any atom is -0.345 e. The number of nitrogens with zero attached hydrogens (tertiary/aromatic N) is 1. The molecule has 1 unspecified atom stereocenters. The molecular weight excluding hydrogens is 268 g/mol. The standard InChI is InChI=1S/C16H24N2OS/c1-4-8-16(19)17-10-7-11-18(14(3)5-2)13-15-9-6-12-20-15/h6,9,12,14H,5,7,10-11,13H2,1-3H3,(H,17,19). The smallest absolute Gasteiger partial charge is 0.295 e. The van der Waals surface area contributed by atoms with Gasteiger partial charge < -0.3 is 5.32 Å². The number of rotatable bonds is 8. The van der Waals surface area contributed by atoms with Crippen molar-refractivity contribution in [1.82, 2.24) is 10.2 Å². The van der Waals surface area contributed by atoms with Gasteiger partial charge in [0, 0.05) is 30.6 Å². The molecule has 0 aromatic carbocycles. The van der Waals surface area contributed by atoms with Gasteiger partial charge in [-0.05, 0) is 44.1 Å². The van der Waals surface area contributed by atoms with Crippen molar-refractivity contribution in [2.45, 2.75) is 46.2 Å². The van der Waals surface area contributed by atoms with Gasteiger partial charge in [-0.2, -0.15) is 0 Å². The van der Waals surface area contributed by atoms with Crippen LogP contribution in [-0.4, -0.2) is 29.9 Å². The van der Waals surface area contributed by atoms with Crippen LogP contribution in [0.1, 0.15) is 38.5 Å². The molecule has 0 saturated carbocycles. The lowest BCUT2D eigenvalue weighted by Gasteiger charge is -2.27. The molecule has 0 saturated heterocycles. The van der Waals surface area contributed by atoms with E-state index in [2.05, 4.69) is 53.4 Å². The van der Waals surface area contributed by atoms with Gasteiger partial charge in [-0.15, -0.1) is 11.3 Å². The summed E-state index contributed by atoms with van der Waals surface area (Å²) in [6.45, 7) is 8.82. The number of amides is 1. The lowest BCUT2D eigenvalue weighted by atomic mass is 10.2. The van der Waals surface area contributed by atoms with Gasteiger partial charge in [-0.1, -0.05) is 18.9 Å². The first kappa shape index (κ1) is 16.7. The highest BCUT2D eigenvalue weighted by atomic mass is 32.1. The normalized spacial score (nSPS) is 11.8. The summed E-state index contributed by atoms with van der Waals surface area (Å²) < 4.78 is 0. The molecule has 1 N–H and O–H groups in total. The van der Waals surface area contributed by atoms with Crippen molar-refractivity contribution in [2.75, 3.05) is 13.1 Å². The maximum atomic E-state index is 11.2. The monoisotopic (exact) mass is 292 g/mol. The van der Waals surface area contributed by atoms with Crippen LogP contribution in [0.15, 0.2) is 17.5 Å². The first-order chi connectivity index (χ1) is 9.67. The third kappa shape index (κ3) is 6.23. The Morgan fingerprint density at radius 1 is 1.55 bits per heavy atom. The van der Waals surface area contributed by atoms with Crippen LogP contribution < -0.4 is 5.32 Å². The van der Waals surface area contributed by atoms with Crippen LogP contribution in [-0.2, 0) is 11.3 Å². The average molecular weight is 292 g/mol. The van der Waals surface area contributed by atoms with E-state index in [1.54, 1.807) is 18.3 Å². The van der Waals surface area contributed by atoms with Crippen molar-refractivity contribution in [3.05, 3.63) is 22.4 Å². The zero-order valence-corrected chi connectivity index (χ0v) is 13.4. The number of hydrogen-bond acceptors (Lipinski definition) is 3. The topological polar surface area (TPSA) is 32.3 Å². The summed E-state index contributed by atoms with van der Waals surface area (Å²) >= 11 is 1.80. The Hall–Kier alpha value is -1.31. The molecule has 3 nitrogen and oxygen atoms in total. The average Bonchev–Trinajstić information content (AvgIpc) is 2.94. The van der Waals surface area contributed by atoms with Gasteiger partial charge in [0.25, 0.3) is 5.91 Å². The lowest BCUT2D eigenvalue weighted by Crippen LogP contribution is -2.34. The van der Waals surface area contributed by atoms with Gasteiger partial charge in [0.2, 0.25) is 0 Å². The third-order valence-corrected chi connectivity index (χ3v) is 4.16. The van der Waals surface area contributed by atoms with E-state index in [0.29, 0.717) is 12.6 Å². The minimum absolute atomic E-state index is 0.180. The van der Waals surface area contributed by atoms with E-state index in [0.717, 1.165) is 25.9 Å². The maximum absolute atomic E-state index is 11.2. The second kappa shape index (κ2) is 9.57. The predicted octanol–water partition coefficient (Wildman–Crippen LogP) is 2.88. The summed E-state index contributed by atoms with van der Waals surface area (Å²) in [5.74, 6) is 4.92. The van der Waals surface area contributed by atoms with Crippen LogP contribution in [0.2, 0.25) is 0 Å². The van der Waals surface area contributed by atoms with Crippen molar-refractivity contribution in [1.29, 1.82) is 0 Å². The van der Waals surface area contributed by atoms with Crippen LogP contribution in [0.3, 0.4) is 0 Å². The van der Waals surface area contributed by atoms with Gasteiger partial charge >= 0.3 is 0 Å². The molecule has 1 amide bonds. The molecule has 4 heteroatoms. The second-order valence-electron chi connectivity index (χ2n) is 4.79. The zero-order chi connectivity index (χ0) is 14.8. The molecule has 110 valence electrons. The van der Waals surface area contributed by atoms with E-state index in [4.69, 9.17) is 0 Å². The van der Waals surface area contributed by atoms with Crippen LogP contribution in [0.25, 0.3) is 0 Å². The molecular formula is C16H24N2OS. The first-order valence-electron chi connectivity index (χ1n) is 7.14. The Labute approximate surface area is 126 Å². The van der Waals surface area contributed by atoms with Gasteiger partial charge in [0.15, 0.2) is 0 Å². The molecule has 1 atom stereocenters. The van der Waals surface area contributed by atoms with Gasteiger partial charge in [0.05, 0.1) is 0 Å². The predicted molar refractivity (Wildman–Crippen MR) is 85.6 cm³/mol. The Balaban J connectivity index is 2.37. The van der Waals surface area contributed by atoms with Gasteiger partial charge in [-0.25, -0.2) is 0 Å². The zero-order valence-electron chi connectivity index (χ0n) is 12.6. The molecule has 1 aromatic heterocycles. The number of carbonyl (C=O) groups excluding carboxylic acids is 1. The third-order valence-electron chi connectivity index (χ3n) is 3.30. The number of hydrogen-bond donors (Lipinski definition) is 1. The largest absolute Gasteiger partial charge is 0.345 e. The second-order valence-corrected chi connectivity index (χ2v) is 5.82. The van der Waals surface area contributed by atoms with E-state index >= 15 is 0 Å². The molecule has 1 aromatic rings. The fourth-order valence-electron chi connectivity index (χ4n) is 1.96. The summed E-state index contributed by atoms with van der Waals surface area (Å²) in [4.78, 5) is 15.1. The van der Waals surface area contributed by atoms with Gasteiger partial charge in [-0.3, -0.25) is 9.69 Å². The van der Waals surface area contributed by atoms with Crippen molar-refractivity contribution >= 4 is 17.2 Å². The molecule has 1 rings (SSSR count). The van der Waals surface area contributed by atoms with Crippen LogP contribution in [0.5, 0.6) is 0 Å². The summed E-state index contributed by atoms with van der Waals surface area (Å²) in [6.07, 6.45) is 2.09. The maximum Gasteiger partial charge on any atom is 0.295 e. The SMILES string of the molecule is CC#CC(=O)NCCCN(Cc1cccs1)C(C)CC. The Morgan fingerprint density at radius 3 is 2.95 bits per heavy atom. The molecule has 0 radical (unpaired) electrons. The summed E-state index contributed by atoms with van der Waals surface area (Å²) in [5, 5.41) is 4.94. The first-order valence-corrected chi connectivity index (χ1v) is 8.02. The molecule has 0 spiro atoms. The van der Waals surface area contributed by atoms with Crippen LogP contribution >= 0.6 is 11.3 Å². The van der Waals surface area contributed by atoms with Crippen molar-refractivity contribution in [2.24, 2.45) is 0 Å². The molecule has 0 aliphatic heterocycles. The molecule has 20 heavy (non-hydrogen) atoms. The molecule has 0 aliphatic rings. The fourth-order valence-corrected chi connectivity index (χ4v) is 2.69. The number of nitrogens with one attached hydrogen (secondary N) is 1. The molecule has 0 bridgehead atoms. The quantitative estimate of drug-likeness (QED) is 0.590. The summed E-state index contributed by atoms with van der Waals surface area (Å²) in [5.41, 5.74) is 0. The molecule has 0 fully saturated rings. The number of carbonyl (C=O) groups is 1. The van der Waals surface area contributed by atoms with E-state index in [1.807, 2.05) is 0 Å². The van der Waals surface area contributed by atoms with E-state index in [1.165, 1.54) is 4.88 Å². The van der Waals surface area contributed by atoms with Crippen LogP contribution in [0.4, 0.5) is 0 Å². The van der Waals surface area contributed by atoms with Crippen molar-refractivity contribution < 1.29 is 4.79 Å². The van der Waals surface area contributed by atoms with E-state index < -0.39 is 0 Å². The van der Waals surface area contributed by atoms with Crippen LogP contribution in [0, 0.1) is 11.8 Å². The summed E-state index contributed by atoms with van der Waals surface area (Å²) in [7, 11) is 0. The van der Waals surface area contributed by atoms with Crippen molar-refractivity contribution in [3.8, 4) is 11.8 Å².